The van der Waals surface area contributed by atoms with Gasteiger partial charge in [0.05, 0.1) is 12.7 Å². The molecule has 0 unspecified atom stereocenters. The number of aliphatic hydroxyl groups excluding tert-OH is 2. The maximum atomic E-state index is 9.35. The highest BCUT2D eigenvalue weighted by Gasteiger charge is 2.03. The lowest BCUT2D eigenvalue weighted by atomic mass is 10.0. The molecule has 0 saturated heterocycles. The molecule has 0 aromatic carbocycles. The molecule has 0 aliphatic rings. The average molecular weight is 170 g/mol. The Morgan fingerprint density at radius 3 is 2.50 bits per heavy atom. The van der Waals surface area contributed by atoms with E-state index in [9.17, 15) is 5.11 Å². The predicted octanol–water partition coefficient (Wildman–Crippen LogP) is 1.64. The number of hydrogen-bond donors (Lipinski definition) is 2. The van der Waals surface area contributed by atoms with E-state index in [0.717, 1.165) is 17.6 Å². The molecule has 0 saturated carbocycles. The maximum Gasteiger partial charge on any atom is 0.0747 e. The first kappa shape index (κ1) is 11.4. The van der Waals surface area contributed by atoms with Gasteiger partial charge in [0.25, 0.3) is 0 Å². The van der Waals surface area contributed by atoms with Crippen molar-refractivity contribution in [3.05, 3.63) is 23.8 Å². The zero-order chi connectivity index (χ0) is 9.56. The Balaban J connectivity index is 3.68. The molecule has 2 N–H and O–H groups in total. The number of allylic oxidation sites excluding steroid dienone is 1. The lowest BCUT2D eigenvalue weighted by molar-refractivity contribution is 0.201. The fourth-order valence-electron chi connectivity index (χ4n) is 0.869. The van der Waals surface area contributed by atoms with Crippen LogP contribution in [0.1, 0.15) is 26.7 Å². The van der Waals surface area contributed by atoms with Gasteiger partial charge < -0.3 is 10.2 Å². The number of hydrogen-bond acceptors (Lipinski definition) is 2. The van der Waals surface area contributed by atoms with Crippen molar-refractivity contribution in [1.82, 2.24) is 0 Å². The molecular weight excluding hydrogens is 152 g/mol. The third-order valence-electron chi connectivity index (χ3n) is 1.82. The molecule has 12 heavy (non-hydrogen) atoms. The molecule has 0 bridgehead atoms. The van der Waals surface area contributed by atoms with Gasteiger partial charge in [-0.1, -0.05) is 23.8 Å². The molecule has 2 nitrogen and oxygen atoms in total. The van der Waals surface area contributed by atoms with E-state index in [1.54, 1.807) is 6.08 Å². The van der Waals surface area contributed by atoms with Crippen LogP contribution in [0.4, 0.5) is 0 Å². The van der Waals surface area contributed by atoms with Crippen LogP contribution >= 0.6 is 0 Å². The first-order valence-corrected chi connectivity index (χ1v) is 4.18. The SMILES string of the molecule is C=C(C)[C@@H](O)CC/C(C)=C/CO. The Morgan fingerprint density at radius 1 is 1.50 bits per heavy atom. The fourth-order valence-corrected chi connectivity index (χ4v) is 0.869. The van der Waals surface area contributed by atoms with Gasteiger partial charge in [-0.3, -0.25) is 0 Å². The predicted molar refractivity (Wildman–Crippen MR) is 50.9 cm³/mol. The average Bonchev–Trinajstić information content (AvgIpc) is 2.00. The summed E-state index contributed by atoms with van der Waals surface area (Å²) in [5.41, 5.74) is 1.91. The van der Waals surface area contributed by atoms with Crippen molar-refractivity contribution in [3.63, 3.8) is 0 Å². The topological polar surface area (TPSA) is 40.5 Å². The monoisotopic (exact) mass is 170 g/mol. The van der Waals surface area contributed by atoms with E-state index in [0.29, 0.717) is 6.42 Å². The summed E-state index contributed by atoms with van der Waals surface area (Å²) in [5, 5.41) is 17.9. The van der Waals surface area contributed by atoms with Gasteiger partial charge in [0, 0.05) is 0 Å². The van der Waals surface area contributed by atoms with Crippen molar-refractivity contribution in [2.45, 2.75) is 32.8 Å². The molecule has 2 heteroatoms. The summed E-state index contributed by atoms with van der Waals surface area (Å²) in [7, 11) is 0. The van der Waals surface area contributed by atoms with Crippen LogP contribution in [0.15, 0.2) is 23.8 Å². The lowest BCUT2D eigenvalue weighted by Crippen LogP contribution is -2.06. The molecule has 0 fully saturated rings. The number of rotatable bonds is 5. The van der Waals surface area contributed by atoms with Crippen molar-refractivity contribution in [3.8, 4) is 0 Å². The Bertz CT molecular complexity index is 171. The van der Waals surface area contributed by atoms with E-state index in [2.05, 4.69) is 6.58 Å². The van der Waals surface area contributed by atoms with Gasteiger partial charge in [0.15, 0.2) is 0 Å². The van der Waals surface area contributed by atoms with Crippen LogP contribution in [0, 0.1) is 0 Å². The Kier molecular flexibility index (Phi) is 5.68. The third kappa shape index (κ3) is 5.10. The molecule has 0 aromatic rings. The minimum Gasteiger partial charge on any atom is -0.392 e. The molecule has 0 aromatic heterocycles. The van der Waals surface area contributed by atoms with Gasteiger partial charge in [-0.15, -0.1) is 0 Å². The molecule has 0 heterocycles. The van der Waals surface area contributed by atoms with Crippen LogP contribution < -0.4 is 0 Å². The van der Waals surface area contributed by atoms with E-state index >= 15 is 0 Å². The lowest BCUT2D eigenvalue weighted by Gasteiger charge is -2.09. The van der Waals surface area contributed by atoms with Crippen molar-refractivity contribution in [1.29, 1.82) is 0 Å². The van der Waals surface area contributed by atoms with Crippen molar-refractivity contribution in [2.75, 3.05) is 6.61 Å². The third-order valence-corrected chi connectivity index (χ3v) is 1.82. The zero-order valence-corrected chi connectivity index (χ0v) is 7.88. The second-order valence-corrected chi connectivity index (χ2v) is 3.13. The van der Waals surface area contributed by atoms with E-state index in [-0.39, 0.29) is 6.61 Å². The van der Waals surface area contributed by atoms with Crippen molar-refractivity contribution >= 4 is 0 Å². The van der Waals surface area contributed by atoms with Gasteiger partial charge >= 0.3 is 0 Å². The Hall–Kier alpha value is -0.600. The first-order chi connectivity index (χ1) is 5.57. The van der Waals surface area contributed by atoms with E-state index in [1.165, 1.54) is 0 Å². The standard InChI is InChI=1S/C10H18O2/c1-8(2)10(12)5-4-9(3)6-7-11/h6,10-12H,1,4-5,7H2,2-3H3/b9-6+/t10-/m0/s1. The van der Waals surface area contributed by atoms with Crippen LogP contribution in [0.25, 0.3) is 0 Å². The van der Waals surface area contributed by atoms with Crippen molar-refractivity contribution < 1.29 is 10.2 Å². The summed E-state index contributed by atoms with van der Waals surface area (Å²) >= 11 is 0. The quantitative estimate of drug-likeness (QED) is 0.616. The second-order valence-electron chi connectivity index (χ2n) is 3.13. The molecule has 0 radical (unpaired) electrons. The molecule has 0 rings (SSSR count). The molecule has 0 aliphatic heterocycles. The molecule has 70 valence electrons. The Morgan fingerprint density at radius 2 is 2.08 bits per heavy atom. The second kappa shape index (κ2) is 5.98. The minimum absolute atomic E-state index is 0.0784. The van der Waals surface area contributed by atoms with E-state index in [4.69, 9.17) is 5.11 Å². The van der Waals surface area contributed by atoms with Crippen LogP contribution in [-0.2, 0) is 0 Å². The highest BCUT2D eigenvalue weighted by molar-refractivity contribution is 5.02. The summed E-state index contributed by atoms with van der Waals surface area (Å²) in [5.74, 6) is 0. The Labute approximate surface area is 74.2 Å². The van der Waals surface area contributed by atoms with Gasteiger partial charge in [-0.25, -0.2) is 0 Å². The van der Waals surface area contributed by atoms with Crippen LogP contribution in [0.5, 0.6) is 0 Å². The largest absolute Gasteiger partial charge is 0.392 e. The van der Waals surface area contributed by atoms with Crippen LogP contribution in [0.3, 0.4) is 0 Å². The summed E-state index contributed by atoms with van der Waals surface area (Å²) in [6, 6.07) is 0. The smallest absolute Gasteiger partial charge is 0.0747 e. The van der Waals surface area contributed by atoms with Crippen LogP contribution in [-0.4, -0.2) is 22.9 Å². The molecule has 0 aliphatic carbocycles. The first-order valence-electron chi connectivity index (χ1n) is 4.18. The molecule has 0 spiro atoms. The molecular formula is C10H18O2. The highest BCUT2D eigenvalue weighted by atomic mass is 16.3. The van der Waals surface area contributed by atoms with E-state index in [1.807, 2.05) is 13.8 Å². The normalized spacial score (nSPS) is 14.5. The zero-order valence-electron chi connectivity index (χ0n) is 7.88. The molecule has 1 atom stereocenters. The van der Waals surface area contributed by atoms with Gasteiger partial charge in [-0.05, 0) is 26.7 Å². The highest BCUT2D eigenvalue weighted by Crippen LogP contribution is 2.10. The van der Waals surface area contributed by atoms with Gasteiger partial charge in [0.1, 0.15) is 0 Å². The summed E-state index contributed by atoms with van der Waals surface area (Å²) in [6.45, 7) is 7.50. The van der Waals surface area contributed by atoms with Gasteiger partial charge in [-0.2, -0.15) is 0 Å². The summed E-state index contributed by atoms with van der Waals surface area (Å²) in [4.78, 5) is 0. The van der Waals surface area contributed by atoms with Gasteiger partial charge in [0.2, 0.25) is 0 Å². The fraction of sp³-hybridized carbons (Fsp3) is 0.600. The number of aliphatic hydroxyl groups is 2. The minimum atomic E-state index is -0.410. The maximum absolute atomic E-state index is 9.35. The van der Waals surface area contributed by atoms with Crippen LogP contribution in [0.2, 0.25) is 0 Å². The van der Waals surface area contributed by atoms with Crippen molar-refractivity contribution in [2.24, 2.45) is 0 Å². The molecule has 0 amide bonds. The summed E-state index contributed by atoms with van der Waals surface area (Å²) in [6.07, 6.45) is 2.85. The summed E-state index contributed by atoms with van der Waals surface area (Å²) < 4.78 is 0. The van der Waals surface area contributed by atoms with E-state index < -0.39 is 6.10 Å².